The van der Waals surface area contributed by atoms with Gasteiger partial charge in [0.15, 0.2) is 0 Å². The number of likely N-dealkylation sites (tertiary alicyclic amines) is 1. The van der Waals surface area contributed by atoms with Gasteiger partial charge in [-0.1, -0.05) is 22.0 Å². The standard InChI is InChI=1S/C15H22BrFN2/c1-11(2)19-7-5-14(6-8-19)18-10-12-3-4-13(17)9-15(12)16/h3-4,9,11,14,18H,5-8,10H2,1-2H3. The van der Waals surface area contributed by atoms with E-state index in [-0.39, 0.29) is 5.82 Å². The summed E-state index contributed by atoms with van der Waals surface area (Å²) in [4.78, 5) is 2.52. The van der Waals surface area contributed by atoms with E-state index in [9.17, 15) is 4.39 Å². The first-order valence-electron chi connectivity index (χ1n) is 6.97. The SMILES string of the molecule is CC(C)N1CCC(NCc2ccc(F)cc2Br)CC1. The van der Waals surface area contributed by atoms with Gasteiger partial charge in [0.1, 0.15) is 5.82 Å². The second-order valence-electron chi connectivity index (χ2n) is 5.52. The molecule has 19 heavy (non-hydrogen) atoms. The predicted octanol–water partition coefficient (Wildman–Crippen LogP) is 3.55. The van der Waals surface area contributed by atoms with E-state index in [0.717, 1.165) is 16.6 Å². The van der Waals surface area contributed by atoms with Crippen molar-refractivity contribution in [2.75, 3.05) is 13.1 Å². The lowest BCUT2D eigenvalue weighted by molar-refractivity contribution is 0.161. The zero-order valence-corrected chi connectivity index (χ0v) is 13.2. The van der Waals surface area contributed by atoms with Crippen molar-refractivity contribution in [1.29, 1.82) is 0 Å². The molecule has 2 nitrogen and oxygen atoms in total. The predicted molar refractivity (Wildman–Crippen MR) is 80.7 cm³/mol. The smallest absolute Gasteiger partial charge is 0.124 e. The molecule has 0 radical (unpaired) electrons. The normalized spacial score (nSPS) is 18.2. The highest BCUT2D eigenvalue weighted by molar-refractivity contribution is 9.10. The second kappa shape index (κ2) is 6.82. The zero-order valence-electron chi connectivity index (χ0n) is 11.6. The van der Waals surface area contributed by atoms with Crippen LogP contribution < -0.4 is 5.32 Å². The minimum atomic E-state index is -0.194. The molecular formula is C15H22BrFN2. The maximum atomic E-state index is 13.0. The molecule has 2 rings (SSSR count). The highest BCUT2D eigenvalue weighted by Crippen LogP contribution is 2.19. The van der Waals surface area contributed by atoms with Crippen LogP contribution in [-0.4, -0.2) is 30.1 Å². The molecule has 0 saturated carbocycles. The van der Waals surface area contributed by atoms with Crippen molar-refractivity contribution in [2.24, 2.45) is 0 Å². The Kier molecular flexibility index (Phi) is 5.37. The lowest BCUT2D eigenvalue weighted by Crippen LogP contribution is -2.44. The molecule has 1 heterocycles. The fraction of sp³-hybridized carbons (Fsp3) is 0.600. The Hall–Kier alpha value is -0.450. The van der Waals surface area contributed by atoms with E-state index in [1.807, 2.05) is 6.07 Å². The van der Waals surface area contributed by atoms with Crippen LogP contribution in [0.5, 0.6) is 0 Å². The average molecular weight is 329 g/mol. The van der Waals surface area contributed by atoms with E-state index in [0.29, 0.717) is 12.1 Å². The van der Waals surface area contributed by atoms with E-state index < -0.39 is 0 Å². The molecule has 0 amide bonds. The van der Waals surface area contributed by atoms with E-state index >= 15 is 0 Å². The van der Waals surface area contributed by atoms with E-state index in [2.05, 4.69) is 40.0 Å². The van der Waals surface area contributed by atoms with Gasteiger partial charge in [-0.05, 0) is 57.5 Å². The molecule has 0 atom stereocenters. The molecule has 1 saturated heterocycles. The summed E-state index contributed by atoms with van der Waals surface area (Å²) in [5, 5.41) is 3.58. The molecule has 0 bridgehead atoms. The number of nitrogens with zero attached hydrogens (tertiary/aromatic N) is 1. The van der Waals surface area contributed by atoms with Gasteiger partial charge in [0.2, 0.25) is 0 Å². The molecule has 1 aromatic rings. The lowest BCUT2D eigenvalue weighted by atomic mass is 10.0. The van der Waals surface area contributed by atoms with Crippen LogP contribution in [0.25, 0.3) is 0 Å². The molecule has 0 aromatic heterocycles. The molecule has 0 aliphatic carbocycles. The van der Waals surface area contributed by atoms with Gasteiger partial charge in [-0.25, -0.2) is 4.39 Å². The minimum absolute atomic E-state index is 0.194. The summed E-state index contributed by atoms with van der Waals surface area (Å²) in [6, 6.07) is 6.11. The number of halogens is 2. The summed E-state index contributed by atoms with van der Waals surface area (Å²) in [6.45, 7) is 7.64. The molecule has 1 N–H and O–H groups in total. The van der Waals surface area contributed by atoms with E-state index in [4.69, 9.17) is 0 Å². The van der Waals surface area contributed by atoms with Crippen molar-refractivity contribution in [3.8, 4) is 0 Å². The monoisotopic (exact) mass is 328 g/mol. The summed E-state index contributed by atoms with van der Waals surface area (Å²) in [6.07, 6.45) is 2.38. The van der Waals surface area contributed by atoms with Crippen LogP contribution in [0.1, 0.15) is 32.3 Å². The topological polar surface area (TPSA) is 15.3 Å². The van der Waals surface area contributed by atoms with Gasteiger partial charge in [0.05, 0.1) is 0 Å². The first kappa shape index (κ1) is 14.9. The number of hydrogen-bond donors (Lipinski definition) is 1. The lowest BCUT2D eigenvalue weighted by Gasteiger charge is -2.35. The number of hydrogen-bond acceptors (Lipinski definition) is 2. The maximum Gasteiger partial charge on any atom is 0.124 e. The quantitative estimate of drug-likeness (QED) is 0.909. The van der Waals surface area contributed by atoms with Gasteiger partial charge in [0.25, 0.3) is 0 Å². The van der Waals surface area contributed by atoms with Crippen molar-refractivity contribution in [1.82, 2.24) is 10.2 Å². The number of rotatable bonds is 4. The van der Waals surface area contributed by atoms with Crippen LogP contribution >= 0.6 is 15.9 Å². The molecule has 0 spiro atoms. The Bertz CT molecular complexity index is 415. The van der Waals surface area contributed by atoms with Gasteiger partial charge in [-0.3, -0.25) is 0 Å². The first-order valence-corrected chi connectivity index (χ1v) is 7.77. The number of benzene rings is 1. The van der Waals surface area contributed by atoms with Crippen molar-refractivity contribution in [3.05, 3.63) is 34.1 Å². The first-order chi connectivity index (χ1) is 9.06. The molecule has 4 heteroatoms. The fourth-order valence-electron chi connectivity index (χ4n) is 2.54. The molecule has 0 unspecified atom stereocenters. The second-order valence-corrected chi connectivity index (χ2v) is 6.37. The molecule has 1 aliphatic heterocycles. The van der Waals surface area contributed by atoms with Crippen LogP contribution in [0, 0.1) is 5.82 Å². The van der Waals surface area contributed by atoms with Gasteiger partial charge in [0, 0.05) is 23.1 Å². The zero-order chi connectivity index (χ0) is 13.8. The summed E-state index contributed by atoms with van der Waals surface area (Å²) in [7, 11) is 0. The molecule has 1 fully saturated rings. The minimum Gasteiger partial charge on any atom is -0.310 e. The highest BCUT2D eigenvalue weighted by atomic mass is 79.9. The van der Waals surface area contributed by atoms with Crippen molar-refractivity contribution in [3.63, 3.8) is 0 Å². The van der Waals surface area contributed by atoms with Crippen molar-refractivity contribution >= 4 is 15.9 Å². The third-order valence-electron chi connectivity index (χ3n) is 3.86. The van der Waals surface area contributed by atoms with Crippen LogP contribution in [-0.2, 0) is 6.54 Å². The summed E-state index contributed by atoms with van der Waals surface area (Å²) in [5.41, 5.74) is 1.12. The third kappa shape index (κ3) is 4.26. The summed E-state index contributed by atoms with van der Waals surface area (Å²) >= 11 is 3.41. The Balaban J connectivity index is 1.80. The Morgan fingerprint density at radius 1 is 1.37 bits per heavy atom. The van der Waals surface area contributed by atoms with Gasteiger partial charge in [-0.2, -0.15) is 0 Å². The van der Waals surface area contributed by atoms with Gasteiger partial charge in [-0.15, -0.1) is 0 Å². The number of nitrogens with one attached hydrogen (secondary N) is 1. The van der Waals surface area contributed by atoms with Gasteiger partial charge >= 0.3 is 0 Å². The number of piperidine rings is 1. The van der Waals surface area contributed by atoms with Crippen molar-refractivity contribution in [2.45, 2.75) is 45.3 Å². The third-order valence-corrected chi connectivity index (χ3v) is 4.59. The average Bonchev–Trinajstić information content (AvgIpc) is 2.38. The van der Waals surface area contributed by atoms with Gasteiger partial charge < -0.3 is 10.2 Å². The summed E-state index contributed by atoms with van der Waals surface area (Å²) in [5.74, 6) is -0.194. The Morgan fingerprint density at radius 3 is 2.63 bits per heavy atom. The Morgan fingerprint density at radius 2 is 2.05 bits per heavy atom. The molecule has 1 aliphatic rings. The fourth-order valence-corrected chi connectivity index (χ4v) is 3.03. The van der Waals surface area contributed by atoms with Crippen molar-refractivity contribution < 1.29 is 4.39 Å². The van der Waals surface area contributed by atoms with Crippen LogP contribution in [0.4, 0.5) is 4.39 Å². The van der Waals surface area contributed by atoms with Crippen LogP contribution in [0.3, 0.4) is 0 Å². The largest absolute Gasteiger partial charge is 0.310 e. The van der Waals surface area contributed by atoms with E-state index in [1.165, 1.54) is 38.1 Å². The van der Waals surface area contributed by atoms with E-state index in [1.54, 1.807) is 0 Å². The molecular weight excluding hydrogens is 307 g/mol. The maximum absolute atomic E-state index is 13.0. The highest BCUT2D eigenvalue weighted by Gasteiger charge is 2.20. The summed E-state index contributed by atoms with van der Waals surface area (Å²) < 4.78 is 13.9. The van der Waals surface area contributed by atoms with Crippen LogP contribution in [0.15, 0.2) is 22.7 Å². The Labute approximate surface area is 123 Å². The van der Waals surface area contributed by atoms with Crippen LogP contribution in [0.2, 0.25) is 0 Å². The molecule has 106 valence electrons. The molecule has 1 aromatic carbocycles.